The van der Waals surface area contributed by atoms with E-state index in [0.29, 0.717) is 5.56 Å². The summed E-state index contributed by atoms with van der Waals surface area (Å²) in [5, 5.41) is 0. The predicted octanol–water partition coefficient (Wildman–Crippen LogP) is 1.35. The standard InChI is InChI=1S/C15H17NO5/c1-10(17)21-15(2)9-12(14(19)20-3)16(15)13(18)11-7-5-4-6-8-11/h4-8,12H,9H2,1-3H3/t12-,15+/m0/s1. The van der Waals surface area contributed by atoms with Crippen LogP contribution < -0.4 is 0 Å². The van der Waals surface area contributed by atoms with Gasteiger partial charge >= 0.3 is 11.9 Å². The number of amides is 1. The zero-order valence-corrected chi connectivity index (χ0v) is 12.2. The first-order valence-corrected chi connectivity index (χ1v) is 6.55. The third-order valence-corrected chi connectivity index (χ3v) is 3.47. The predicted molar refractivity (Wildman–Crippen MR) is 73.2 cm³/mol. The molecule has 1 aromatic carbocycles. The van der Waals surface area contributed by atoms with Gasteiger partial charge in [0.25, 0.3) is 5.91 Å². The fraction of sp³-hybridized carbons (Fsp3) is 0.400. The number of carbonyl (C=O) groups is 3. The van der Waals surface area contributed by atoms with Crippen molar-refractivity contribution < 1.29 is 23.9 Å². The molecule has 1 fully saturated rings. The zero-order chi connectivity index (χ0) is 15.6. The fourth-order valence-corrected chi connectivity index (χ4v) is 2.57. The largest absolute Gasteiger partial charge is 0.467 e. The van der Waals surface area contributed by atoms with Gasteiger partial charge in [0.1, 0.15) is 6.04 Å². The summed E-state index contributed by atoms with van der Waals surface area (Å²) in [6.45, 7) is 2.87. The Morgan fingerprint density at radius 2 is 1.86 bits per heavy atom. The topological polar surface area (TPSA) is 72.9 Å². The Kier molecular flexibility index (Phi) is 3.97. The molecule has 0 unspecified atom stereocenters. The molecule has 0 aromatic heterocycles. The van der Waals surface area contributed by atoms with E-state index in [0.717, 1.165) is 0 Å². The lowest BCUT2D eigenvalue weighted by molar-refractivity contribution is -0.219. The first kappa shape index (κ1) is 15.0. The van der Waals surface area contributed by atoms with Crippen molar-refractivity contribution in [2.24, 2.45) is 0 Å². The molecule has 6 heteroatoms. The number of carbonyl (C=O) groups excluding carboxylic acids is 3. The van der Waals surface area contributed by atoms with Gasteiger partial charge < -0.3 is 9.47 Å². The molecule has 0 radical (unpaired) electrons. The number of benzene rings is 1. The van der Waals surface area contributed by atoms with E-state index < -0.39 is 23.7 Å². The first-order chi connectivity index (χ1) is 9.89. The maximum atomic E-state index is 12.6. The zero-order valence-electron chi connectivity index (χ0n) is 12.2. The quantitative estimate of drug-likeness (QED) is 0.786. The summed E-state index contributed by atoms with van der Waals surface area (Å²) in [4.78, 5) is 36.8. The van der Waals surface area contributed by atoms with E-state index in [4.69, 9.17) is 9.47 Å². The molecule has 21 heavy (non-hydrogen) atoms. The highest BCUT2D eigenvalue weighted by Crippen LogP contribution is 2.39. The van der Waals surface area contributed by atoms with E-state index >= 15 is 0 Å². The monoisotopic (exact) mass is 291 g/mol. The SMILES string of the molecule is COC(=O)[C@@H]1C[C@@](C)(OC(C)=O)N1C(=O)c1ccccc1. The number of ether oxygens (including phenoxy) is 2. The van der Waals surface area contributed by atoms with Gasteiger partial charge in [0.15, 0.2) is 5.72 Å². The first-order valence-electron chi connectivity index (χ1n) is 6.55. The lowest BCUT2D eigenvalue weighted by Crippen LogP contribution is -2.70. The Morgan fingerprint density at radius 1 is 1.24 bits per heavy atom. The molecule has 0 spiro atoms. The summed E-state index contributed by atoms with van der Waals surface area (Å²) >= 11 is 0. The number of rotatable bonds is 3. The molecule has 2 rings (SSSR count). The molecule has 1 aromatic rings. The lowest BCUT2D eigenvalue weighted by atomic mass is 9.88. The molecule has 1 aliphatic rings. The fourth-order valence-electron chi connectivity index (χ4n) is 2.57. The van der Waals surface area contributed by atoms with Gasteiger partial charge in [-0.2, -0.15) is 0 Å². The molecule has 1 heterocycles. The highest BCUT2D eigenvalue weighted by Gasteiger charge is 2.57. The third kappa shape index (κ3) is 2.74. The summed E-state index contributed by atoms with van der Waals surface area (Å²) in [6, 6.07) is 7.78. The average molecular weight is 291 g/mol. The van der Waals surface area contributed by atoms with Crippen molar-refractivity contribution in [1.29, 1.82) is 0 Å². The minimum absolute atomic E-state index is 0.220. The van der Waals surface area contributed by atoms with Crippen LogP contribution in [-0.2, 0) is 19.1 Å². The Hall–Kier alpha value is -2.37. The number of methoxy groups -OCH3 is 1. The molecule has 112 valence electrons. The molecule has 1 saturated heterocycles. The highest BCUT2D eigenvalue weighted by molar-refractivity contribution is 5.98. The Balaban J connectivity index is 2.30. The van der Waals surface area contributed by atoms with E-state index in [-0.39, 0.29) is 12.3 Å². The van der Waals surface area contributed by atoms with E-state index in [1.54, 1.807) is 37.3 Å². The van der Waals surface area contributed by atoms with Gasteiger partial charge in [0.05, 0.1) is 7.11 Å². The van der Waals surface area contributed by atoms with Crippen LogP contribution in [0.2, 0.25) is 0 Å². The number of nitrogens with zero attached hydrogens (tertiary/aromatic N) is 1. The van der Waals surface area contributed by atoms with Crippen molar-refractivity contribution in [3.63, 3.8) is 0 Å². The molecule has 0 bridgehead atoms. The summed E-state index contributed by atoms with van der Waals surface area (Å²) in [7, 11) is 1.26. The minimum Gasteiger partial charge on any atom is -0.467 e. The van der Waals surface area contributed by atoms with Crippen molar-refractivity contribution >= 4 is 17.8 Å². The maximum Gasteiger partial charge on any atom is 0.328 e. The summed E-state index contributed by atoms with van der Waals surface area (Å²) in [6.07, 6.45) is 0.220. The molecule has 0 N–H and O–H groups in total. The Labute approximate surface area is 122 Å². The van der Waals surface area contributed by atoms with E-state index in [9.17, 15) is 14.4 Å². The van der Waals surface area contributed by atoms with Gasteiger partial charge in [0, 0.05) is 18.9 Å². The minimum atomic E-state index is -1.13. The molecular weight excluding hydrogens is 274 g/mol. The second-order valence-corrected chi connectivity index (χ2v) is 5.05. The van der Waals surface area contributed by atoms with Crippen LogP contribution in [0.4, 0.5) is 0 Å². The van der Waals surface area contributed by atoms with Crippen LogP contribution in [0.1, 0.15) is 30.6 Å². The van der Waals surface area contributed by atoms with Crippen LogP contribution in [0.15, 0.2) is 30.3 Å². The van der Waals surface area contributed by atoms with Gasteiger partial charge in [-0.3, -0.25) is 14.5 Å². The summed E-state index contributed by atoms with van der Waals surface area (Å²) < 4.78 is 9.91. The Morgan fingerprint density at radius 3 is 2.38 bits per heavy atom. The van der Waals surface area contributed by atoms with Gasteiger partial charge in [-0.05, 0) is 19.1 Å². The third-order valence-electron chi connectivity index (χ3n) is 3.47. The van der Waals surface area contributed by atoms with E-state index in [2.05, 4.69) is 0 Å². The number of hydrogen-bond donors (Lipinski definition) is 0. The van der Waals surface area contributed by atoms with Crippen LogP contribution in [0.5, 0.6) is 0 Å². The highest BCUT2D eigenvalue weighted by atomic mass is 16.6. The van der Waals surface area contributed by atoms with Crippen LogP contribution in [0.3, 0.4) is 0 Å². The molecule has 1 aliphatic heterocycles. The number of hydrogen-bond acceptors (Lipinski definition) is 5. The van der Waals surface area contributed by atoms with Crippen molar-refractivity contribution in [1.82, 2.24) is 4.90 Å². The van der Waals surface area contributed by atoms with Crippen LogP contribution in [0.25, 0.3) is 0 Å². The molecule has 6 nitrogen and oxygen atoms in total. The molecule has 0 aliphatic carbocycles. The lowest BCUT2D eigenvalue weighted by Gasteiger charge is -2.53. The van der Waals surface area contributed by atoms with Gasteiger partial charge in [0.2, 0.25) is 0 Å². The second kappa shape index (κ2) is 5.55. The van der Waals surface area contributed by atoms with Crippen molar-refractivity contribution in [3.05, 3.63) is 35.9 Å². The smallest absolute Gasteiger partial charge is 0.328 e. The average Bonchev–Trinajstić information content (AvgIpc) is 2.44. The van der Waals surface area contributed by atoms with Crippen LogP contribution in [0, 0.1) is 0 Å². The van der Waals surface area contributed by atoms with Gasteiger partial charge in [-0.15, -0.1) is 0 Å². The Bertz CT molecular complexity index is 571. The van der Waals surface area contributed by atoms with Crippen molar-refractivity contribution in [2.75, 3.05) is 7.11 Å². The summed E-state index contributed by atoms with van der Waals surface area (Å²) in [5.41, 5.74) is -0.707. The molecule has 0 saturated carbocycles. The van der Waals surface area contributed by atoms with E-state index in [1.807, 2.05) is 0 Å². The number of esters is 2. The maximum absolute atomic E-state index is 12.6. The van der Waals surface area contributed by atoms with Gasteiger partial charge in [-0.25, -0.2) is 4.79 Å². The molecule has 1 amide bonds. The normalized spacial score (nSPS) is 24.0. The number of likely N-dealkylation sites (tertiary alicyclic amines) is 1. The molecule has 2 atom stereocenters. The van der Waals surface area contributed by atoms with Crippen LogP contribution in [-0.4, -0.2) is 41.6 Å². The molecular formula is C15H17NO5. The summed E-state index contributed by atoms with van der Waals surface area (Å²) in [5.74, 6) is -1.41. The van der Waals surface area contributed by atoms with Gasteiger partial charge in [-0.1, -0.05) is 18.2 Å². The van der Waals surface area contributed by atoms with E-state index in [1.165, 1.54) is 18.9 Å². The van der Waals surface area contributed by atoms with Crippen molar-refractivity contribution in [3.8, 4) is 0 Å². The van der Waals surface area contributed by atoms with Crippen LogP contribution >= 0.6 is 0 Å². The van der Waals surface area contributed by atoms with Crippen molar-refractivity contribution in [2.45, 2.75) is 32.0 Å². The second-order valence-electron chi connectivity index (χ2n) is 5.05.